The highest BCUT2D eigenvalue weighted by Gasteiger charge is 2.29. The van der Waals surface area contributed by atoms with Gasteiger partial charge in [0.15, 0.2) is 5.82 Å². The zero-order valence-corrected chi connectivity index (χ0v) is 18.4. The van der Waals surface area contributed by atoms with Gasteiger partial charge in [-0.1, -0.05) is 0 Å². The topological polar surface area (TPSA) is 107 Å². The minimum Gasteiger partial charge on any atom is -0.630 e. The number of anilines is 2. The van der Waals surface area contributed by atoms with E-state index in [-0.39, 0.29) is 6.04 Å². The molecule has 9 heteroatoms. The molecule has 1 aromatic carbocycles. The van der Waals surface area contributed by atoms with Crippen LogP contribution in [0.25, 0.3) is 11.4 Å². The molecule has 1 atom stereocenters. The van der Waals surface area contributed by atoms with Gasteiger partial charge in [-0.15, -0.1) is 0 Å². The van der Waals surface area contributed by atoms with Gasteiger partial charge in [0.25, 0.3) is 0 Å². The van der Waals surface area contributed by atoms with E-state index in [0.29, 0.717) is 31.3 Å². The lowest BCUT2D eigenvalue weighted by Gasteiger charge is -2.38. The molecule has 5 rings (SSSR count). The molecule has 0 unspecified atom stereocenters. The van der Waals surface area contributed by atoms with Crippen LogP contribution in [0.5, 0.6) is 0 Å². The third-order valence-electron chi connectivity index (χ3n) is 6.10. The highest BCUT2D eigenvalue weighted by Crippen LogP contribution is 2.32. The number of hydrogen-bond acceptors (Lipinski definition) is 8. The molecule has 0 spiro atoms. The minimum absolute atomic E-state index is 0.246. The fourth-order valence-electron chi connectivity index (χ4n) is 4.34. The van der Waals surface area contributed by atoms with Gasteiger partial charge in [0.1, 0.15) is 23.7 Å². The molecule has 0 saturated carbocycles. The second-order valence-electron chi connectivity index (χ2n) is 8.34. The van der Waals surface area contributed by atoms with Crippen LogP contribution in [-0.4, -0.2) is 52.3 Å². The van der Waals surface area contributed by atoms with Crippen molar-refractivity contribution in [3.63, 3.8) is 0 Å². The highest BCUT2D eigenvalue weighted by atomic mass is 16.5. The van der Waals surface area contributed by atoms with Crippen LogP contribution in [0.15, 0.2) is 36.7 Å². The fraction of sp³-hybridized carbons (Fsp3) is 0.391. The van der Waals surface area contributed by atoms with Gasteiger partial charge < -0.3 is 25.2 Å². The molecule has 3 aromatic rings. The minimum atomic E-state index is 0.246. The maximum absolute atomic E-state index is 11.1. The number of aryl methyl sites for hydroxylation is 1. The Kier molecular flexibility index (Phi) is 5.69. The van der Waals surface area contributed by atoms with E-state index in [0.717, 1.165) is 53.6 Å². The van der Waals surface area contributed by atoms with Gasteiger partial charge >= 0.3 is 0 Å². The van der Waals surface area contributed by atoms with Crippen LogP contribution < -0.4 is 15.3 Å². The molecule has 0 aliphatic carbocycles. The zero-order chi connectivity index (χ0) is 22.1. The van der Waals surface area contributed by atoms with Crippen LogP contribution in [0.2, 0.25) is 0 Å². The number of benzene rings is 1. The van der Waals surface area contributed by atoms with E-state index in [1.165, 1.54) is 5.56 Å². The lowest BCUT2D eigenvalue weighted by Crippen LogP contribution is -2.70. The lowest BCUT2D eigenvalue weighted by molar-refractivity contribution is -0.497. The number of fused-ring (bicyclic) bond motifs is 1. The van der Waals surface area contributed by atoms with Crippen molar-refractivity contribution >= 4 is 17.3 Å². The predicted octanol–water partition coefficient (Wildman–Crippen LogP) is 1.72. The van der Waals surface area contributed by atoms with Crippen LogP contribution in [0, 0.1) is 12.1 Å². The van der Waals surface area contributed by atoms with E-state index in [2.05, 4.69) is 26.7 Å². The van der Waals surface area contributed by atoms with Gasteiger partial charge in [-0.05, 0) is 44.5 Å². The summed E-state index contributed by atoms with van der Waals surface area (Å²) in [6, 6.07) is 9.68. The van der Waals surface area contributed by atoms with Crippen molar-refractivity contribution in [2.24, 2.45) is 0 Å². The number of nitrogens with two attached hydrogens (primary N) is 1. The molecule has 0 bridgehead atoms. The van der Waals surface area contributed by atoms with E-state index in [1.54, 1.807) is 18.5 Å². The third kappa shape index (κ3) is 4.02. The van der Waals surface area contributed by atoms with Gasteiger partial charge in [-0.25, -0.2) is 19.9 Å². The van der Waals surface area contributed by atoms with Crippen molar-refractivity contribution in [1.29, 1.82) is 0 Å². The summed E-state index contributed by atoms with van der Waals surface area (Å²) in [5.74, 6) is 2.59. The third-order valence-corrected chi connectivity index (χ3v) is 6.10. The summed E-state index contributed by atoms with van der Waals surface area (Å²) in [4.78, 5) is 23.3. The van der Waals surface area contributed by atoms with E-state index in [9.17, 15) is 5.21 Å². The van der Waals surface area contributed by atoms with Gasteiger partial charge in [-0.3, -0.25) is 0 Å². The van der Waals surface area contributed by atoms with Gasteiger partial charge in [0.2, 0.25) is 0 Å². The summed E-state index contributed by atoms with van der Waals surface area (Å²) in [5.41, 5.74) is 5.55. The maximum atomic E-state index is 11.1. The molecule has 4 heterocycles. The molecule has 0 radical (unpaired) electrons. The van der Waals surface area contributed by atoms with E-state index in [1.807, 2.05) is 25.1 Å². The van der Waals surface area contributed by atoms with Crippen molar-refractivity contribution in [1.82, 2.24) is 19.9 Å². The zero-order valence-electron chi connectivity index (χ0n) is 18.4. The summed E-state index contributed by atoms with van der Waals surface area (Å²) < 4.78 is 5.66. The van der Waals surface area contributed by atoms with Gasteiger partial charge in [0.05, 0.1) is 31.5 Å². The number of rotatable bonds is 4. The van der Waals surface area contributed by atoms with E-state index >= 15 is 0 Å². The Balaban J connectivity index is 1.57. The van der Waals surface area contributed by atoms with Crippen LogP contribution in [0.4, 0.5) is 17.3 Å². The first-order valence-electron chi connectivity index (χ1n) is 11.0. The molecule has 166 valence electrons. The molecular weight excluding hydrogens is 406 g/mol. The first-order chi connectivity index (χ1) is 15.6. The Morgan fingerprint density at radius 3 is 2.72 bits per heavy atom. The largest absolute Gasteiger partial charge is 0.630 e. The van der Waals surface area contributed by atoms with Crippen molar-refractivity contribution in [2.45, 2.75) is 32.9 Å². The SMILES string of the molecule is Cc1cc(N2CCc3c(nc(-c4ccc([NH2+][O-])cc4)nc3N3CCOC[C@@H]3C)C2)ncn1. The molecule has 32 heavy (non-hydrogen) atoms. The van der Waals surface area contributed by atoms with Crippen molar-refractivity contribution < 1.29 is 10.2 Å². The van der Waals surface area contributed by atoms with E-state index in [4.69, 9.17) is 14.7 Å². The summed E-state index contributed by atoms with van der Waals surface area (Å²) in [7, 11) is 0. The van der Waals surface area contributed by atoms with Crippen LogP contribution in [-0.2, 0) is 17.7 Å². The number of morpholine rings is 1. The molecule has 1 saturated heterocycles. The monoisotopic (exact) mass is 433 g/mol. The van der Waals surface area contributed by atoms with Crippen molar-refractivity contribution in [3.05, 3.63) is 58.8 Å². The summed E-state index contributed by atoms with van der Waals surface area (Å²) >= 11 is 0. The maximum Gasteiger partial charge on any atom is 0.161 e. The standard InChI is InChI=1S/C23H27N7O2/c1-15-11-21(25-14-24-15)29-8-7-19-20(12-29)26-22(17-3-5-18(28-31)6-4-17)27-23(19)30-9-10-32-13-16(30)2/h3-6,11,14,16H,7-10,12-13,28H2,1-2H3/t16-/m0/s1. The molecule has 0 amide bonds. The second-order valence-corrected chi connectivity index (χ2v) is 8.34. The normalized spacial score (nSPS) is 18.5. The average Bonchev–Trinajstić information content (AvgIpc) is 2.83. The Bertz CT molecular complexity index is 1110. The van der Waals surface area contributed by atoms with Crippen LogP contribution >= 0.6 is 0 Å². The molecular formula is C23H27N7O2. The quantitative estimate of drug-likeness (QED) is 0.490. The summed E-state index contributed by atoms with van der Waals surface area (Å²) in [6.07, 6.45) is 2.46. The Morgan fingerprint density at radius 1 is 1.12 bits per heavy atom. The van der Waals surface area contributed by atoms with Gasteiger partial charge in [-0.2, -0.15) is 0 Å². The van der Waals surface area contributed by atoms with Crippen molar-refractivity contribution in [2.75, 3.05) is 36.1 Å². The second kappa shape index (κ2) is 8.78. The Hall–Kier alpha value is -3.14. The molecule has 2 aliphatic heterocycles. The number of aromatic nitrogens is 4. The lowest BCUT2D eigenvalue weighted by atomic mass is 10.0. The molecule has 2 aliphatic rings. The highest BCUT2D eigenvalue weighted by molar-refractivity contribution is 5.63. The molecule has 9 nitrogen and oxygen atoms in total. The van der Waals surface area contributed by atoms with E-state index < -0.39 is 0 Å². The summed E-state index contributed by atoms with van der Waals surface area (Å²) in [5, 5.41) is 11.1. The Labute approximate surface area is 187 Å². The van der Waals surface area contributed by atoms with Crippen LogP contribution in [0.1, 0.15) is 23.9 Å². The molecule has 2 N–H and O–H groups in total. The first-order valence-corrected chi connectivity index (χ1v) is 11.0. The smallest absolute Gasteiger partial charge is 0.161 e. The fourth-order valence-corrected chi connectivity index (χ4v) is 4.34. The number of quaternary nitrogens is 1. The number of hydrogen-bond donors (Lipinski definition) is 1. The Morgan fingerprint density at radius 2 is 1.97 bits per heavy atom. The number of nitrogens with zero attached hydrogens (tertiary/aromatic N) is 6. The van der Waals surface area contributed by atoms with Crippen molar-refractivity contribution in [3.8, 4) is 11.4 Å². The summed E-state index contributed by atoms with van der Waals surface area (Å²) in [6.45, 7) is 7.86. The van der Waals surface area contributed by atoms with Crippen LogP contribution in [0.3, 0.4) is 0 Å². The average molecular weight is 434 g/mol. The molecule has 2 aromatic heterocycles. The number of ether oxygens (including phenoxy) is 1. The van der Waals surface area contributed by atoms with Gasteiger partial charge in [0, 0.05) is 36.0 Å². The molecule has 1 fully saturated rings. The first kappa shape index (κ1) is 20.7. The predicted molar refractivity (Wildman–Crippen MR) is 122 cm³/mol.